The summed E-state index contributed by atoms with van der Waals surface area (Å²) in [4.78, 5) is 0. The van der Waals surface area contributed by atoms with Gasteiger partial charge in [-0.25, -0.2) is 0 Å². The third kappa shape index (κ3) is 6.22. The summed E-state index contributed by atoms with van der Waals surface area (Å²) in [5.74, 6) is 0. The van der Waals surface area contributed by atoms with Crippen LogP contribution in [0.2, 0.25) is 0 Å². The molecule has 0 heterocycles. The van der Waals surface area contributed by atoms with Crippen LogP contribution in [0, 0.1) is 6.42 Å². The van der Waals surface area contributed by atoms with Crippen LogP contribution >= 0.6 is 0 Å². The van der Waals surface area contributed by atoms with Crippen molar-refractivity contribution in [1.82, 2.24) is 0 Å². The van der Waals surface area contributed by atoms with Crippen molar-refractivity contribution in [3.8, 4) is 33.4 Å². The molecule has 4 aliphatic rings. The summed E-state index contributed by atoms with van der Waals surface area (Å²) in [6, 6.07) is 42.0. The van der Waals surface area contributed by atoms with E-state index in [2.05, 4.69) is 199 Å². The minimum Gasteiger partial charge on any atom is -0.0602 e. The van der Waals surface area contributed by atoms with Crippen LogP contribution in [0.4, 0.5) is 0 Å². The first-order valence-electron chi connectivity index (χ1n) is 18.8. The van der Waals surface area contributed by atoms with E-state index in [9.17, 15) is 0 Å². The first-order chi connectivity index (χ1) is 23.8. The quantitative estimate of drug-likeness (QED) is 0.130. The molecule has 7 rings (SSSR count). The average Bonchev–Trinajstić information content (AvgIpc) is 3.36. The van der Waals surface area contributed by atoms with Crippen LogP contribution in [0.1, 0.15) is 116 Å². The molecule has 3 aromatic rings. The van der Waals surface area contributed by atoms with Crippen molar-refractivity contribution in [3.63, 3.8) is 0 Å². The van der Waals surface area contributed by atoms with E-state index >= 15 is 0 Å². The van der Waals surface area contributed by atoms with Gasteiger partial charge in [0.25, 0.3) is 0 Å². The highest BCUT2D eigenvalue weighted by Gasteiger charge is 2.32. The molecule has 0 bridgehead atoms. The Morgan fingerprint density at radius 2 is 0.745 bits per heavy atom. The first kappa shape index (κ1) is 34.9. The molecule has 0 spiro atoms. The maximum Gasteiger partial charge on any atom is 0.0885 e. The fourth-order valence-corrected chi connectivity index (χ4v) is 8.06. The highest BCUT2D eigenvalue weighted by Crippen LogP contribution is 2.50. The SMILES string of the molecule is CC(C)(C)c1ccc2c([CH+]c3c4ccccc4c(-c4cc(C(C)(C)C)c5ccc(C(C)(C)C)ccc4-5)c4ccccc34)cc(C(C)(C)C)c-2cc1. The van der Waals surface area contributed by atoms with Crippen molar-refractivity contribution in [2.45, 2.75) is 105 Å². The van der Waals surface area contributed by atoms with Crippen molar-refractivity contribution >= 4 is 21.5 Å². The molecule has 0 saturated carbocycles. The molecule has 0 heteroatoms. The summed E-state index contributed by atoms with van der Waals surface area (Å²) in [6.07, 6.45) is 2.47. The second kappa shape index (κ2) is 12.0. The third-order valence-electron chi connectivity index (χ3n) is 11.0. The van der Waals surface area contributed by atoms with Crippen LogP contribution in [0.15, 0.2) is 109 Å². The zero-order valence-electron chi connectivity index (χ0n) is 33.0. The second-order valence-corrected chi connectivity index (χ2v) is 18.9. The summed E-state index contributed by atoms with van der Waals surface area (Å²) < 4.78 is 0. The molecule has 3 aromatic carbocycles. The Morgan fingerprint density at radius 1 is 0.353 bits per heavy atom. The van der Waals surface area contributed by atoms with Gasteiger partial charge in [0.1, 0.15) is 0 Å². The molecular weight excluding hydrogens is 613 g/mol. The molecule has 0 aromatic heterocycles. The van der Waals surface area contributed by atoms with E-state index in [0.29, 0.717) is 0 Å². The van der Waals surface area contributed by atoms with E-state index in [1.807, 2.05) is 0 Å². The Kier molecular flexibility index (Phi) is 8.22. The molecule has 0 nitrogen and oxygen atoms in total. The zero-order chi connectivity index (χ0) is 36.7. The van der Waals surface area contributed by atoms with Gasteiger partial charge in [0.05, 0.1) is 27.5 Å². The van der Waals surface area contributed by atoms with Crippen molar-refractivity contribution < 1.29 is 0 Å². The Balaban J connectivity index is 1.52. The number of benzene rings is 3. The van der Waals surface area contributed by atoms with Gasteiger partial charge in [-0.05, 0) is 97.5 Å². The maximum atomic E-state index is 2.49. The van der Waals surface area contributed by atoms with Gasteiger partial charge in [0, 0.05) is 39.9 Å². The van der Waals surface area contributed by atoms with E-state index < -0.39 is 0 Å². The molecule has 0 unspecified atom stereocenters. The normalized spacial score (nSPS) is 13.1. The van der Waals surface area contributed by atoms with Gasteiger partial charge in [0.2, 0.25) is 0 Å². The number of hydrogen-bond acceptors (Lipinski definition) is 0. The van der Waals surface area contributed by atoms with E-state index in [4.69, 9.17) is 0 Å². The van der Waals surface area contributed by atoms with Crippen LogP contribution in [0.3, 0.4) is 0 Å². The fourth-order valence-electron chi connectivity index (χ4n) is 8.06. The zero-order valence-corrected chi connectivity index (χ0v) is 33.0. The number of hydrogen-bond donors (Lipinski definition) is 0. The lowest BCUT2D eigenvalue weighted by Crippen LogP contribution is -2.10. The predicted octanol–water partition coefficient (Wildman–Crippen LogP) is 14.7. The summed E-state index contributed by atoms with van der Waals surface area (Å²) in [6.45, 7) is 27.9. The van der Waals surface area contributed by atoms with Crippen molar-refractivity contribution in [1.29, 1.82) is 0 Å². The molecule has 0 amide bonds. The van der Waals surface area contributed by atoms with Crippen LogP contribution in [-0.2, 0) is 21.7 Å². The third-order valence-corrected chi connectivity index (χ3v) is 11.0. The Morgan fingerprint density at radius 3 is 1.20 bits per heavy atom. The Hall–Kier alpha value is -4.55. The van der Waals surface area contributed by atoms with Crippen LogP contribution in [0.5, 0.6) is 0 Å². The molecule has 258 valence electrons. The first-order valence-corrected chi connectivity index (χ1v) is 18.8. The van der Waals surface area contributed by atoms with Gasteiger partial charge in [-0.15, -0.1) is 0 Å². The molecule has 0 atom stereocenters. The summed E-state index contributed by atoms with van der Waals surface area (Å²) in [5.41, 5.74) is 16.2. The van der Waals surface area contributed by atoms with Crippen LogP contribution in [-0.4, -0.2) is 0 Å². The lowest BCUT2D eigenvalue weighted by Gasteiger charge is -2.19. The summed E-state index contributed by atoms with van der Waals surface area (Å²) in [5, 5.41) is 5.17. The van der Waals surface area contributed by atoms with Gasteiger partial charge in [-0.2, -0.15) is 0 Å². The molecule has 0 aliphatic heterocycles. The highest BCUT2D eigenvalue weighted by molar-refractivity contribution is 6.18. The maximum absolute atomic E-state index is 2.49. The Bertz CT molecular complexity index is 2290. The molecule has 51 heavy (non-hydrogen) atoms. The molecule has 0 N–H and O–H groups in total. The lowest BCUT2D eigenvalue weighted by molar-refractivity contribution is 0.590. The highest BCUT2D eigenvalue weighted by atomic mass is 14.3. The van der Waals surface area contributed by atoms with E-state index in [0.717, 1.165) is 0 Å². The molecule has 0 radical (unpaired) electrons. The van der Waals surface area contributed by atoms with Crippen LogP contribution in [0.25, 0.3) is 54.9 Å². The van der Waals surface area contributed by atoms with E-state index in [1.54, 1.807) is 0 Å². The Labute approximate surface area is 307 Å². The minimum absolute atomic E-state index is 0.00132. The van der Waals surface area contributed by atoms with Gasteiger partial charge in [-0.1, -0.05) is 144 Å². The van der Waals surface area contributed by atoms with Crippen molar-refractivity contribution in [2.75, 3.05) is 0 Å². The monoisotopic (exact) mass is 667 g/mol. The topological polar surface area (TPSA) is 0 Å². The summed E-state index contributed by atoms with van der Waals surface area (Å²) in [7, 11) is 0. The largest absolute Gasteiger partial charge is 0.0885 e. The smallest absolute Gasteiger partial charge is 0.0602 e. The number of rotatable bonds is 3. The average molecular weight is 668 g/mol. The molecule has 0 saturated heterocycles. The lowest BCUT2D eigenvalue weighted by atomic mass is 9.85. The van der Waals surface area contributed by atoms with Gasteiger partial charge < -0.3 is 0 Å². The molecule has 4 aliphatic carbocycles. The fraction of sp³-hybridized carbons (Fsp3) is 0.314. The number of fused-ring (bicyclic) bond motifs is 4. The molecular formula is C51H55+. The van der Waals surface area contributed by atoms with Gasteiger partial charge in [-0.3, -0.25) is 0 Å². The van der Waals surface area contributed by atoms with Gasteiger partial charge >= 0.3 is 0 Å². The van der Waals surface area contributed by atoms with Crippen molar-refractivity contribution in [3.05, 3.63) is 149 Å². The minimum atomic E-state index is -0.00132. The van der Waals surface area contributed by atoms with Crippen LogP contribution < -0.4 is 0 Å². The van der Waals surface area contributed by atoms with E-state index in [1.165, 1.54) is 88.3 Å². The standard InChI is InChI=1S/C51H55/c1-48(2,3)33-21-25-35-32(30-45(50(7,8)9)39(35)27-23-33)29-43-36-17-13-15-19-41(36)47(42-20-16-14-18-37(42)43)44-31-46(51(10,11)12)40-28-24-34(49(4,5)6)22-26-38(40)44/h13-31H,1-12H3/q+1. The molecule has 0 fully saturated rings. The predicted molar refractivity (Wildman–Crippen MR) is 224 cm³/mol. The van der Waals surface area contributed by atoms with Crippen molar-refractivity contribution in [2.24, 2.45) is 0 Å². The van der Waals surface area contributed by atoms with E-state index in [-0.39, 0.29) is 21.7 Å². The summed E-state index contributed by atoms with van der Waals surface area (Å²) >= 11 is 0. The van der Waals surface area contributed by atoms with Gasteiger partial charge in [0.15, 0.2) is 0 Å². The second-order valence-electron chi connectivity index (χ2n) is 18.9.